The predicted octanol–water partition coefficient (Wildman–Crippen LogP) is 2.06. The fraction of sp³-hybridized carbons (Fsp3) is 0. The molecule has 0 amide bonds. The minimum atomic E-state index is -0.0255. The van der Waals surface area contributed by atoms with Crippen LogP contribution in [0.3, 0.4) is 0 Å². The number of benzene rings is 1. The molecule has 0 bridgehead atoms. The third-order valence-corrected chi connectivity index (χ3v) is 2.82. The van der Waals surface area contributed by atoms with E-state index >= 15 is 0 Å². The molecule has 0 aliphatic heterocycles. The summed E-state index contributed by atoms with van der Waals surface area (Å²) >= 11 is 1.45. The van der Waals surface area contributed by atoms with Crippen molar-refractivity contribution < 1.29 is 5.11 Å². The number of nitrogens with two attached hydrogens (primary N) is 1. The third kappa shape index (κ3) is 1.02. The number of nitrogens with zero attached hydrogens (tertiary/aromatic N) is 1. The zero-order chi connectivity index (χ0) is 9.42. The number of hydrogen-bond acceptors (Lipinski definition) is 4. The third-order valence-electron chi connectivity index (χ3n) is 1.87. The summed E-state index contributed by atoms with van der Waals surface area (Å²) in [5.41, 5.74) is 6.08. The fourth-order valence-corrected chi connectivity index (χ4v) is 2.11. The van der Waals surface area contributed by atoms with Crippen LogP contribution in [-0.4, -0.2) is 5.11 Å². The van der Waals surface area contributed by atoms with Gasteiger partial charge in [-0.3, -0.25) is 0 Å². The summed E-state index contributed by atoms with van der Waals surface area (Å²) in [5, 5.41) is 20.9. The van der Waals surface area contributed by atoms with E-state index < -0.39 is 0 Å². The average Bonchev–Trinajstić information content (AvgIpc) is 2.54. The van der Waals surface area contributed by atoms with Crippen LogP contribution in [0.25, 0.3) is 10.1 Å². The molecule has 0 saturated carbocycles. The van der Waals surface area contributed by atoms with E-state index in [9.17, 15) is 5.11 Å². The second-order valence-electron chi connectivity index (χ2n) is 2.64. The van der Waals surface area contributed by atoms with Crippen molar-refractivity contribution in [2.45, 2.75) is 0 Å². The summed E-state index contributed by atoms with van der Waals surface area (Å²) in [6, 6.07) is 5.41. The van der Waals surface area contributed by atoms with Crippen LogP contribution in [0.1, 0.15) is 5.56 Å². The molecule has 13 heavy (non-hydrogen) atoms. The lowest BCUT2D eigenvalue weighted by Gasteiger charge is -2.01. The molecule has 0 unspecified atom stereocenters. The monoisotopic (exact) mass is 190 g/mol. The maximum absolute atomic E-state index is 9.38. The Morgan fingerprint density at radius 3 is 3.00 bits per heavy atom. The van der Waals surface area contributed by atoms with Crippen LogP contribution >= 0.6 is 11.3 Å². The van der Waals surface area contributed by atoms with Gasteiger partial charge in [-0.1, -0.05) is 0 Å². The Morgan fingerprint density at radius 2 is 2.31 bits per heavy atom. The minimum absolute atomic E-state index is 0.0255. The Labute approximate surface area is 78.6 Å². The van der Waals surface area contributed by atoms with Gasteiger partial charge in [-0.25, -0.2) is 0 Å². The highest BCUT2D eigenvalue weighted by atomic mass is 32.1. The van der Waals surface area contributed by atoms with Gasteiger partial charge >= 0.3 is 0 Å². The zero-order valence-electron chi connectivity index (χ0n) is 6.61. The summed E-state index contributed by atoms with van der Waals surface area (Å²) in [7, 11) is 0. The highest BCUT2D eigenvalue weighted by Gasteiger charge is 2.10. The van der Waals surface area contributed by atoms with Gasteiger partial charge in [0.15, 0.2) is 0 Å². The summed E-state index contributed by atoms with van der Waals surface area (Å²) in [4.78, 5) is 0. The Balaban J connectivity index is 2.98. The molecular weight excluding hydrogens is 184 g/mol. The first kappa shape index (κ1) is 7.90. The van der Waals surface area contributed by atoms with Gasteiger partial charge in [0.2, 0.25) is 0 Å². The molecule has 1 aromatic heterocycles. The molecule has 0 aliphatic carbocycles. The molecule has 64 valence electrons. The fourth-order valence-electron chi connectivity index (χ4n) is 1.22. The number of phenols is 1. The minimum Gasteiger partial charge on any atom is -0.506 e. The van der Waals surface area contributed by atoms with Crippen LogP contribution in [0.4, 0.5) is 5.69 Å². The van der Waals surface area contributed by atoms with Gasteiger partial charge < -0.3 is 10.8 Å². The van der Waals surface area contributed by atoms with Gasteiger partial charge in [-0.15, -0.1) is 11.3 Å². The number of hydrogen-bond donors (Lipinski definition) is 2. The molecule has 0 saturated heterocycles. The Kier molecular flexibility index (Phi) is 1.61. The number of thiophene rings is 1. The van der Waals surface area contributed by atoms with E-state index in [-0.39, 0.29) is 11.4 Å². The van der Waals surface area contributed by atoms with E-state index in [0.29, 0.717) is 5.56 Å². The van der Waals surface area contributed by atoms with Gasteiger partial charge in [0.05, 0.1) is 16.0 Å². The predicted molar refractivity (Wildman–Crippen MR) is 52.6 cm³/mol. The molecule has 2 rings (SSSR count). The first-order valence-electron chi connectivity index (χ1n) is 3.63. The average molecular weight is 190 g/mol. The van der Waals surface area contributed by atoms with E-state index in [0.717, 1.165) is 10.1 Å². The molecule has 3 N–H and O–H groups in total. The van der Waals surface area contributed by atoms with Crippen LogP contribution in [-0.2, 0) is 0 Å². The van der Waals surface area contributed by atoms with E-state index in [1.807, 2.05) is 17.5 Å². The van der Waals surface area contributed by atoms with Gasteiger partial charge in [0.1, 0.15) is 11.8 Å². The maximum atomic E-state index is 9.38. The Bertz CT molecular complexity index is 510. The summed E-state index contributed by atoms with van der Waals surface area (Å²) in [5.74, 6) is -0.0255. The summed E-state index contributed by atoms with van der Waals surface area (Å²) < 4.78 is 0.831. The lowest BCUT2D eigenvalue weighted by atomic mass is 10.1. The largest absolute Gasteiger partial charge is 0.506 e. The molecule has 3 nitrogen and oxygen atoms in total. The van der Waals surface area contributed by atoms with E-state index in [1.54, 1.807) is 6.07 Å². The number of phenolic OH excluding ortho intramolecular Hbond substituents is 1. The van der Waals surface area contributed by atoms with E-state index in [1.165, 1.54) is 11.3 Å². The summed E-state index contributed by atoms with van der Waals surface area (Å²) in [6.45, 7) is 0. The van der Waals surface area contributed by atoms with Crippen molar-refractivity contribution in [1.82, 2.24) is 0 Å². The smallest absolute Gasteiger partial charge is 0.140 e. The van der Waals surface area contributed by atoms with Crippen molar-refractivity contribution in [2.24, 2.45) is 0 Å². The highest BCUT2D eigenvalue weighted by molar-refractivity contribution is 7.17. The van der Waals surface area contributed by atoms with Crippen LogP contribution in [0.5, 0.6) is 5.75 Å². The molecule has 2 aromatic rings. The maximum Gasteiger partial charge on any atom is 0.140 e. The quantitative estimate of drug-likeness (QED) is 0.493. The van der Waals surface area contributed by atoms with E-state index in [2.05, 4.69) is 0 Å². The van der Waals surface area contributed by atoms with Crippen molar-refractivity contribution in [3.8, 4) is 11.8 Å². The van der Waals surface area contributed by atoms with Gasteiger partial charge in [-0.2, -0.15) is 5.26 Å². The molecule has 1 aromatic carbocycles. The lowest BCUT2D eigenvalue weighted by molar-refractivity contribution is 0.478. The molecule has 4 heteroatoms. The normalized spacial score (nSPS) is 10.1. The number of aromatic hydroxyl groups is 1. The van der Waals surface area contributed by atoms with Crippen molar-refractivity contribution in [3.63, 3.8) is 0 Å². The molecule has 0 radical (unpaired) electrons. The van der Waals surface area contributed by atoms with Crippen LogP contribution in [0.15, 0.2) is 17.5 Å². The van der Waals surface area contributed by atoms with Crippen molar-refractivity contribution in [1.29, 1.82) is 5.26 Å². The lowest BCUT2D eigenvalue weighted by Crippen LogP contribution is -1.90. The second-order valence-corrected chi connectivity index (χ2v) is 3.55. The zero-order valence-corrected chi connectivity index (χ0v) is 7.43. The highest BCUT2D eigenvalue weighted by Crippen LogP contribution is 2.34. The Hall–Kier alpha value is -1.73. The summed E-state index contributed by atoms with van der Waals surface area (Å²) in [6.07, 6.45) is 0. The number of nitriles is 1. The van der Waals surface area contributed by atoms with Gasteiger partial charge in [0, 0.05) is 0 Å². The van der Waals surface area contributed by atoms with E-state index in [4.69, 9.17) is 11.0 Å². The molecule has 0 aliphatic rings. The SMILES string of the molecule is N#Cc1c(N)c(O)cc2ccsc12. The van der Waals surface area contributed by atoms with Crippen LogP contribution in [0, 0.1) is 11.3 Å². The van der Waals surface area contributed by atoms with Crippen molar-refractivity contribution >= 4 is 27.1 Å². The Morgan fingerprint density at radius 1 is 1.54 bits per heavy atom. The number of nitrogen functional groups attached to an aromatic ring is 1. The first-order chi connectivity index (χ1) is 6.24. The van der Waals surface area contributed by atoms with Crippen molar-refractivity contribution in [2.75, 3.05) is 5.73 Å². The number of fused-ring (bicyclic) bond motifs is 1. The van der Waals surface area contributed by atoms with Crippen LogP contribution < -0.4 is 5.73 Å². The van der Waals surface area contributed by atoms with Gasteiger partial charge in [-0.05, 0) is 22.9 Å². The van der Waals surface area contributed by atoms with Crippen LogP contribution in [0.2, 0.25) is 0 Å². The molecule has 1 heterocycles. The van der Waals surface area contributed by atoms with Crippen molar-refractivity contribution in [3.05, 3.63) is 23.1 Å². The molecule has 0 atom stereocenters. The van der Waals surface area contributed by atoms with Gasteiger partial charge in [0.25, 0.3) is 0 Å². The first-order valence-corrected chi connectivity index (χ1v) is 4.50. The topological polar surface area (TPSA) is 70.0 Å². The molecular formula is C9H6N2OS. The second kappa shape index (κ2) is 2.64. The number of rotatable bonds is 0. The number of anilines is 1. The molecule has 0 spiro atoms. The molecule has 0 fully saturated rings. The standard InChI is InChI=1S/C9H6N2OS/c10-4-6-8(11)7(12)3-5-1-2-13-9(5)6/h1-3,12H,11H2.